The Bertz CT molecular complexity index is 909. The van der Waals surface area contributed by atoms with Crippen LogP contribution in [0.15, 0.2) is 36.5 Å². The number of aliphatic hydroxyl groups excluding tert-OH is 1. The highest BCUT2D eigenvalue weighted by atomic mass is 32.1. The number of benzene rings is 1. The summed E-state index contributed by atoms with van der Waals surface area (Å²) < 4.78 is 0. The number of aromatic nitrogens is 3. The first-order chi connectivity index (χ1) is 12.6. The summed E-state index contributed by atoms with van der Waals surface area (Å²) in [7, 11) is 0. The maximum absolute atomic E-state index is 10.00. The summed E-state index contributed by atoms with van der Waals surface area (Å²) in [5.74, 6) is 0.557. The topological polar surface area (TPSA) is 74.2 Å². The van der Waals surface area contributed by atoms with E-state index in [1.54, 1.807) is 17.5 Å². The lowest BCUT2D eigenvalue weighted by molar-refractivity contribution is 0.186. The molecule has 1 unspecified atom stereocenters. The summed E-state index contributed by atoms with van der Waals surface area (Å²) in [6, 6.07) is 9.90. The maximum Gasteiger partial charge on any atom is 0.227 e. The van der Waals surface area contributed by atoms with Crippen molar-refractivity contribution in [2.24, 2.45) is 0 Å². The van der Waals surface area contributed by atoms with E-state index in [2.05, 4.69) is 20.3 Å². The second-order valence-electron chi connectivity index (χ2n) is 6.40. The molecule has 1 aliphatic rings. The van der Waals surface area contributed by atoms with Crippen molar-refractivity contribution < 1.29 is 5.11 Å². The van der Waals surface area contributed by atoms with Gasteiger partial charge in [-0.05, 0) is 57.0 Å². The van der Waals surface area contributed by atoms with E-state index in [9.17, 15) is 5.11 Å². The van der Waals surface area contributed by atoms with E-state index in [4.69, 9.17) is 0 Å². The van der Waals surface area contributed by atoms with Crippen molar-refractivity contribution in [3.63, 3.8) is 0 Å². The third-order valence-electron chi connectivity index (χ3n) is 4.47. The van der Waals surface area contributed by atoms with Crippen LogP contribution in [0.4, 0.5) is 17.3 Å². The number of aliphatic hydroxyl groups is 1. The SMILES string of the molecule is Cc1nc(C)c(-c2ccnc(Nc3ccc(N4CCCC4O)cc3)n2)s1. The molecule has 7 heteroatoms. The van der Waals surface area contributed by atoms with Crippen molar-refractivity contribution >= 4 is 28.7 Å². The molecule has 0 saturated carbocycles. The first kappa shape index (κ1) is 16.9. The van der Waals surface area contributed by atoms with Gasteiger partial charge in [0.1, 0.15) is 6.23 Å². The third kappa shape index (κ3) is 3.40. The molecule has 1 saturated heterocycles. The molecule has 26 heavy (non-hydrogen) atoms. The van der Waals surface area contributed by atoms with Gasteiger partial charge in [0.25, 0.3) is 0 Å². The average Bonchev–Trinajstić information content (AvgIpc) is 3.21. The normalized spacial score (nSPS) is 16.9. The van der Waals surface area contributed by atoms with Gasteiger partial charge in [0, 0.05) is 24.1 Å². The Hall–Kier alpha value is -2.51. The highest BCUT2D eigenvalue weighted by molar-refractivity contribution is 7.15. The van der Waals surface area contributed by atoms with Crippen molar-refractivity contribution in [2.45, 2.75) is 32.9 Å². The molecule has 1 atom stereocenters. The Morgan fingerprint density at radius 2 is 1.96 bits per heavy atom. The molecule has 6 nitrogen and oxygen atoms in total. The van der Waals surface area contributed by atoms with Crippen LogP contribution in [0.3, 0.4) is 0 Å². The molecule has 3 heterocycles. The zero-order valence-corrected chi connectivity index (χ0v) is 15.6. The minimum atomic E-state index is -0.375. The van der Waals surface area contributed by atoms with E-state index >= 15 is 0 Å². The highest BCUT2D eigenvalue weighted by Crippen LogP contribution is 2.29. The Balaban J connectivity index is 1.52. The largest absolute Gasteiger partial charge is 0.374 e. The van der Waals surface area contributed by atoms with E-state index in [1.807, 2.05) is 49.1 Å². The van der Waals surface area contributed by atoms with Gasteiger partial charge in [0.15, 0.2) is 0 Å². The summed E-state index contributed by atoms with van der Waals surface area (Å²) in [6.07, 6.45) is 3.24. The van der Waals surface area contributed by atoms with E-state index < -0.39 is 0 Å². The Morgan fingerprint density at radius 3 is 2.62 bits per heavy atom. The standard InChI is InChI=1S/C19H21N5OS/c1-12-18(26-13(2)21-12)16-9-10-20-19(23-16)22-14-5-7-15(8-6-14)24-11-3-4-17(24)25/h5-10,17,25H,3-4,11H2,1-2H3,(H,20,22,23). The summed E-state index contributed by atoms with van der Waals surface area (Å²) in [4.78, 5) is 16.5. The molecular formula is C19H21N5OS. The van der Waals surface area contributed by atoms with Crippen LogP contribution in [0.5, 0.6) is 0 Å². The van der Waals surface area contributed by atoms with Gasteiger partial charge in [-0.3, -0.25) is 0 Å². The molecular weight excluding hydrogens is 346 g/mol. The van der Waals surface area contributed by atoms with Crippen molar-refractivity contribution in [3.05, 3.63) is 47.2 Å². The second kappa shape index (κ2) is 7.01. The van der Waals surface area contributed by atoms with E-state index in [1.165, 1.54) is 0 Å². The molecule has 1 fully saturated rings. The van der Waals surface area contributed by atoms with Gasteiger partial charge < -0.3 is 15.3 Å². The molecule has 1 aliphatic heterocycles. The van der Waals surface area contributed by atoms with Crippen LogP contribution in [-0.4, -0.2) is 32.8 Å². The lowest BCUT2D eigenvalue weighted by Gasteiger charge is -2.22. The van der Waals surface area contributed by atoms with Gasteiger partial charge in [0.05, 0.1) is 21.3 Å². The average molecular weight is 367 g/mol. The maximum atomic E-state index is 10.00. The first-order valence-electron chi connectivity index (χ1n) is 8.69. The Kier molecular flexibility index (Phi) is 4.57. The molecule has 3 aromatic rings. The number of hydrogen-bond acceptors (Lipinski definition) is 7. The fourth-order valence-electron chi connectivity index (χ4n) is 3.23. The number of aryl methyl sites for hydroxylation is 2. The van der Waals surface area contributed by atoms with Crippen LogP contribution >= 0.6 is 11.3 Å². The van der Waals surface area contributed by atoms with E-state index in [0.29, 0.717) is 5.95 Å². The lowest BCUT2D eigenvalue weighted by Crippen LogP contribution is -2.28. The number of rotatable bonds is 4. The van der Waals surface area contributed by atoms with Crippen molar-refractivity contribution in [2.75, 3.05) is 16.8 Å². The number of nitrogens with one attached hydrogen (secondary N) is 1. The predicted molar refractivity (Wildman–Crippen MR) is 105 cm³/mol. The van der Waals surface area contributed by atoms with Crippen LogP contribution in [0.1, 0.15) is 23.5 Å². The molecule has 0 radical (unpaired) electrons. The molecule has 4 rings (SSSR count). The summed E-state index contributed by atoms with van der Waals surface area (Å²) in [5.41, 5.74) is 3.82. The summed E-state index contributed by atoms with van der Waals surface area (Å²) >= 11 is 1.64. The van der Waals surface area contributed by atoms with Crippen molar-refractivity contribution in [1.29, 1.82) is 0 Å². The first-order valence-corrected chi connectivity index (χ1v) is 9.51. The zero-order chi connectivity index (χ0) is 18.1. The molecule has 134 valence electrons. The fraction of sp³-hybridized carbons (Fsp3) is 0.316. The van der Waals surface area contributed by atoms with Crippen LogP contribution in [0.25, 0.3) is 10.6 Å². The summed E-state index contributed by atoms with van der Waals surface area (Å²) in [5, 5.41) is 14.3. The molecule has 0 spiro atoms. The minimum absolute atomic E-state index is 0.375. The monoisotopic (exact) mass is 367 g/mol. The Labute approximate surface area is 156 Å². The van der Waals surface area contributed by atoms with E-state index in [0.717, 1.165) is 52.0 Å². The zero-order valence-electron chi connectivity index (χ0n) is 14.8. The molecule has 0 bridgehead atoms. The minimum Gasteiger partial charge on any atom is -0.374 e. The molecule has 0 aliphatic carbocycles. The van der Waals surface area contributed by atoms with Gasteiger partial charge in [-0.25, -0.2) is 15.0 Å². The molecule has 2 aromatic heterocycles. The summed E-state index contributed by atoms with van der Waals surface area (Å²) in [6.45, 7) is 4.90. The van der Waals surface area contributed by atoms with Crippen LogP contribution in [0, 0.1) is 13.8 Å². The smallest absolute Gasteiger partial charge is 0.227 e. The van der Waals surface area contributed by atoms with Gasteiger partial charge in [-0.1, -0.05) is 0 Å². The number of nitrogens with zero attached hydrogens (tertiary/aromatic N) is 4. The van der Waals surface area contributed by atoms with Gasteiger partial charge >= 0.3 is 0 Å². The van der Waals surface area contributed by atoms with Crippen molar-refractivity contribution in [1.82, 2.24) is 15.0 Å². The predicted octanol–water partition coefficient (Wildman–Crippen LogP) is 3.88. The number of anilines is 3. The third-order valence-corrected chi connectivity index (χ3v) is 5.56. The van der Waals surface area contributed by atoms with Crippen molar-refractivity contribution in [3.8, 4) is 10.6 Å². The number of thiazole rings is 1. The van der Waals surface area contributed by atoms with E-state index in [-0.39, 0.29) is 6.23 Å². The van der Waals surface area contributed by atoms with Crippen LogP contribution in [0.2, 0.25) is 0 Å². The molecule has 2 N–H and O–H groups in total. The fourth-order valence-corrected chi connectivity index (χ4v) is 4.12. The van der Waals surface area contributed by atoms with Crippen LogP contribution < -0.4 is 10.2 Å². The number of hydrogen-bond donors (Lipinski definition) is 2. The van der Waals surface area contributed by atoms with Gasteiger partial charge in [0.2, 0.25) is 5.95 Å². The lowest BCUT2D eigenvalue weighted by atomic mass is 10.2. The Morgan fingerprint density at radius 1 is 1.15 bits per heavy atom. The quantitative estimate of drug-likeness (QED) is 0.729. The van der Waals surface area contributed by atoms with Gasteiger partial charge in [-0.15, -0.1) is 11.3 Å². The second-order valence-corrected chi connectivity index (χ2v) is 7.60. The van der Waals surface area contributed by atoms with Crippen LogP contribution in [-0.2, 0) is 0 Å². The highest BCUT2D eigenvalue weighted by Gasteiger charge is 2.21. The molecule has 0 amide bonds. The van der Waals surface area contributed by atoms with Gasteiger partial charge in [-0.2, -0.15) is 0 Å². The molecule has 1 aromatic carbocycles.